The molecule has 0 spiro atoms. The Hall–Kier alpha value is -3.22. The number of aromatic nitrogens is 1. The minimum Gasteiger partial charge on any atom is -0.497 e. The number of benzene rings is 2. The number of hydrogen-bond donors (Lipinski definition) is 2. The number of hydrogen-bond acceptors (Lipinski definition) is 5. The number of carboxylic acid groups (broad SMARTS) is 1. The van der Waals surface area contributed by atoms with Crippen LogP contribution in [0.25, 0.3) is 10.9 Å². The molecule has 6 nitrogen and oxygen atoms in total. The highest BCUT2D eigenvalue weighted by Crippen LogP contribution is 2.42. The summed E-state index contributed by atoms with van der Waals surface area (Å²) in [6, 6.07) is 16.3. The van der Waals surface area contributed by atoms with E-state index in [0.29, 0.717) is 17.4 Å². The fourth-order valence-corrected chi connectivity index (χ4v) is 5.03. The van der Waals surface area contributed by atoms with Crippen molar-refractivity contribution in [2.75, 3.05) is 20.2 Å². The van der Waals surface area contributed by atoms with Crippen molar-refractivity contribution in [2.45, 2.75) is 25.0 Å². The molecule has 3 aliphatic heterocycles. The summed E-state index contributed by atoms with van der Waals surface area (Å²) < 4.78 is 5.35. The zero-order valence-corrected chi connectivity index (χ0v) is 18.8. The molecule has 5 atom stereocenters. The Labute approximate surface area is 194 Å². The van der Waals surface area contributed by atoms with E-state index in [1.165, 1.54) is 6.42 Å². The molecule has 172 valence electrons. The number of carboxylic acids is 1. The highest BCUT2D eigenvalue weighted by Gasteiger charge is 2.42. The van der Waals surface area contributed by atoms with Gasteiger partial charge in [-0.15, -0.1) is 6.58 Å². The summed E-state index contributed by atoms with van der Waals surface area (Å²) in [6.45, 7) is 6.07. The Kier molecular flexibility index (Phi) is 7.06. The number of aliphatic hydroxyl groups excluding tert-OH is 1. The van der Waals surface area contributed by atoms with E-state index in [2.05, 4.69) is 22.5 Å². The molecule has 3 saturated heterocycles. The molecule has 1 aromatic heterocycles. The number of piperidine rings is 3. The maximum Gasteiger partial charge on any atom is 0.335 e. The van der Waals surface area contributed by atoms with Crippen LogP contribution in [0.2, 0.25) is 0 Å². The molecule has 0 radical (unpaired) electrons. The van der Waals surface area contributed by atoms with Crippen LogP contribution in [0.5, 0.6) is 5.75 Å². The van der Waals surface area contributed by atoms with Crippen LogP contribution in [0.15, 0.2) is 73.4 Å². The van der Waals surface area contributed by atoms with E-state index >= 15 is 0 Å². The molecule has 2 N–H and O–H groups in total. The number of aliphatic hydroxyl groups is 1. The van der Waals surface area contributed by atoms with Crippen molar-refractivity contribution in [3.63, 3.8) is 0 Å². The summed E-state index contributed by atoms with van der Waals surface area (Å²) in [6.07, 6.45) is 5.62. The second-order valence-corrected chi connectivity index (χ2v) is 8.65. The topological polar surface area (TPSA) is 82.9 Å². The summed E-state index contributed by atoms with van der Waals surface area (Å²) in [5, 5.41) is 20.5. The van der Waals surface area contributed by atoms with Crippen molar-refractivity contribution in [1.29, 1.82) is 0 Å². The van der Waals surface area contributed by atoms with E-state index < -0.39 is 12.1 Å². The van der Waals surface area contributed by atoms with Crippen LogP contribution < -0.4 is 4.74 Å². The van der Waals surface area contributed by atoms with E-state index in [4.69, 9.17) is 9.84 Å². The molecule has 2 aromatic carbocycles. The lowest BCUT2D eigenvalue weighted by molar-refractivity contribution is -0.0444. The number of methoxy groups -OCH3 is 1. The average Bonchev–Trinajstić information content (AvgIpc) is 2.88. The smallest absolute Gasteiger partial charge is 0.335 e. The van der Waals surface area contributed by atoms with Crippen LogP contribution in [0, 0.1) is 11.8 Å². The number of carbonyl (C=O) groups is 1. The average molecular weight is 447 g/mol. The minimum absolute atomic E-state index is 0.178. The number of rotatable bonds is 5. The van der Waals surface area contributed by atoms with Gasteiger partial charge in [0, 0.05) is 24.2 Å². The van der Waals surface area contributed by atoms with Gasteiger partial charge in [0.25, 0.3) is 0 Å². The number of nitrogens with zero attached hydrogens (tertiary/aromatic N) is 2. The van der Waals surface area contributed by atoms with Gasteiger partial charge in [0.05, 0.1) is 24.3 Å². The van der Waals surface area contributed by atoms with Gasteiger partial charge in [-0.1, -0.05) is 24.3 Å². The van der Waals surface area contributed by atoms with Crippen molar-refractivity contribution < 1.29 is 19.7 Å². The molecule has 0 amide bonds. The van der Waals surface area contributed by atoms with Gasteiger partial charge in [-0.2, -0.15) is 0 Å². The van der Waals surface area contributed by atoms with Crippen LogP contribution in [0.4, 0.5) is 0 Å². The van der Waals surface area contributed by atoms with Gasteiger partial charge >= 0.3 is 5.97 Å². The lowest BCUT2D eigenvalue weighted by Gasteiger charge is -2.50. The Morgan fingerprint density at radius 3 is 2.64 bits per heavy atom. The number of aromatic carboxylic acids is 1. The Balaban J connectivity index is 0.000000243. The summed E-state index contributed by atoms with van der Waals surface area (Å²) in [5.74, 6) is 1.13. The Morgan fingerprint density at radius 1 is 1.24 bits per heavy atom. The van der Waals surface area contributed by atoms with E-state index in [1.54, 1.807) is 43.6 Å². The van der Waals surface area contributed by atoms with Crippen molar-refractivity contribution in [1.82, 2.24) is 9.88 Å². The van der Waals surface area contributed by atoms with Gasteiger partial charge in [-0.25, -0.2) is 4.79 Å². The third-order valence-corrected chi connectivity index (χ3v) is 6.84. The molecule has 4 heterocycles. The third-order valence-electron chi connectivity index (χ3n) is 6.84. The molecule has 3 aromatic rings. The second kappa shape index (κ2) is 10.1. The lowest BCUT2D eigenvalue weighted by Crippen LogP contribution is -2.54. The molecule has 2 bridgehead atoms. The lowest BCUT2D eigenvalue weighted by atomic mass is 9.73. The second-order valence-electron chi connectivity index (χ2n) is 8.65. The summed E-state index contributed by atoms with van der Waals surface area (Å²) in [7, 11) is 1.66. The van der Waals surface area contributed by atoms with Crippen LogP contribution in [-0.2, 0) is 0 Å². The Morgan fingerprint density at radius 2 is 2.03 bits per heavy atom. The molecule has 3 fully saturated rings. The summed E-state index contributed by atoms with van der Waals surface area (Å²) in [4.78, 5) is 17.1. The van der Waals surface area contributed by atoms with Gasteiger partial charge < -0.3 is 14.9 Å². The first-order valence-corrected chi connectivity index (χ1v) is 11.3. The largest absolute Gasteiger partial charge is 0.497 e. The predicted molar refractivity (Wildman–Crippen MR) is 128 cm³/mol. The van der Waals surface area contributed by atoms with Gasteiger partial charge in [0.15, 0.2) is 0 Å². The molecule has 0 saturated carbocycles. The monoisotopic (exact) mass is 446 g/mol. The van der Waals surface area contributed by atoms with Crippen LogP contribution in [-0.4, -0.2) is 52.3 Å². The molecule has 6 heteroatoms. The first kappa shape index (κ1) is 23.0. The molecule has 3 aliphatic rings. The minimum atomic E-state index is -0.879. The standard InChI is InChI=1S/C20H24N2O2.C7H6O2/c1-3-13-12-22-9-7-14(13)10-19(22)20(23)16-6-8-21-18-5-4-15(24-2)11-17(16)18;8-7(9)6-4-2-1-3-5-6/h3-6,8,11,13-14,19-20,23H,1,7,9-10,12H2,2H3;1-5H,(H,8,9). The highest BCUT2D eigenvalue weighted by molar-refractivity contribution is 5.87. The molecular weight excluding hydrogens is 416 g/mol. The van der Waals surface area contributed by atoms with E-state index in [9.17, 15) is 9.90 Å². The van der Waals surface area contributed by atoms with Crippen LogP contribution in [0.3, 0.4) is 0 Å². The van der Waals surface area contributed by atoms with Gasteiger partial charge in [0.2, 0.25) is 0 Å². The maximum atomic E-state index is 11.2. The normalized spacial score (nSPS) is 24.4. The van der Waals surface area contributed by atoms with Crippen molar-refractivity contribution in [3.05, 3.63) is 84.6 Å². The summed E-state index contributed by atoms with van der Waals surface area (Å²) >= 11 is 0. The fourth-order valence-electron chi connectivity index (χ4n) is 5.03. The Bertz CT molecular complexity index is 1120. The highest BCUT2D eigenvalue weighted by atomic mass is 16.5. The molecule has 5 unspecified atom stereocenters. The van der Waals surface area contributed by atoms with Crippen molar-refractivity contribution in [2.24, 2.45) is 11.8 Å². The zero-order valence-electron chi connectivity index (χ0n) is 18.8. The number of ether oxygens (including phenoxy) is 1. The molecular formula is C27H30N2O4. The maximum absolute atomic E-state index is 11.2. The van der Waals surface area contributed by atoms with Crippen LogP contribution >= 0.6 is 0 Å². The first-order chi connectivity index (χ1) is 16.0. The molecule has 0 aliphatic carbocycles. The van der Waals surface area contributed by atoms with Gasteiger partial charge in [0.1, 0.15) is 5.75 Å². The molecule has 33 heavy (non-hydrogen) atoms. The molecule has 6 rings (SSSR count). The van der Waals surface area contributed by atoms with Gasteiger partial charge in [-0.05, 0) is 73.2 Å². The van der Waals surface area contributed by atoms with E-state index in [0.717, 1.165) is 41.7 Å². The summed E-state index contributed by atoms with van der Waals surface area (Å²) in [5.41, 5.74) is 2.18. The number of pyridine rings is 1. The van der Waals surface area contributed by atoms with Crippen molar-refractivity contribution in [3.8, 4) is 5.75 Å². The van der Waals surface area contributed by atoms with Crippen LogP contribution in [0.1, 0.15) is 34.9 Å². The SMILES string of the molecule is C=CC1CN2CCC1CC2C(O)c1ccnc2ccc(OC)cc12.O=C(O)c1ccccc1. The zero-order chi connectivity index (χ0) is 23.4. The van der Waals surface area contributed by atoms with E-state index in [1.807, 2.05) is 24.3 Å². The quantitative estimate of drug-likeness (QED) is 0.559. The third kappa shape index (κ3) is 4.92. The first-order valence-electron chi connectivity index (χ1n) is 11.3. The predicted octanol–water partition coefficient (Wildman–Crippen LogP) is 4.56. The fraction of sp³-hybridized carbons (Fsp3) is 0.333. The van der Waals surface area contributed by atoms with Gasteiger partial charge in [-0.3, -0.25) is 9.88 Å². The van der Waals surface area contributed by atoms with E-state index in [-0.39, 0.29) is 6.04 Å². The number of fused-ring (bicyclic) bond motifs is 4. The van der Waals surface area contributed by atoms with Crippen molar-refractivity contribution >= 4 is 16.9 Å².